The van der Waals surface area contributed by atoms with Crippen LogP contribution in [0.25, 0.3) is 0 Å². The predicted molar refractivity (Wildman–Crippen MR) is 34.0 cm³/mol. The molecule has 1 unspecified atom stereocenters. The van der Waals surface area contributed by atoms with Crippen molar-refractivity contribution in [2.75, 3.05) is 0 Å². The molecule has 0 aromatic rings. The summed E-state index contributed by atoms with van der Waals surface area (Å²) in [5, 5.41) is 8.77. The Balaban J connectivity index is 2.95. The fraction of sp³-hybridized carbons (Fsp3) is 1.00. The number of rotatable bonds is 2. The van der Waals surface area contributed by atoms with E-state index in [1.165, 1.54) is 0 Å². The van der Waals surface area contributed by atoms with E-state index in [4.69, 9.17) is 5.11 Å². The van der Waals surface area contributed by atoms with E-state index in [0.29, 0.717) is 0 Å². The Labute approximate surface area is 53.4 Å². The van der Waals surface area contributed by atoms with Crippen molar-refractivity contribution >= 4 is 21.8 Å². The van der Waals surface area contributed by atoms with Gasteiger partial charge in [0, 0.05) is 0 Å². The van der Waals surface area contributed by atoms with E-state index in [-0.39, 0.29) is 6.10 Å². The van der Waals surface area contributed by atoms with Crippen LogP contribution >= 0.6 is 0 Å². The molecule has 0 spiro atoms. The summed E-state index contributed by atoms with van der Waals surface area (Å²) >= 11 is -0.993. The van der Waals surface area contributed by atoms with E-state index in [9.17, 15) is 0 Å². The molecule has 1 N–H and O–H groups in total. The Kier molecular flexibility index (Phi) is 4.26. The number of aliphatic hydroxyl groups excluding tert-OH is 1. The van der Waals surface area contributed by atoms with E-state index in [2.05, 4.69) is 9.26 Å². The molecule has 1 atom stereocenters. The topological polar surface area (TPSA) is 20.2 Å². The van der Waals surface area contributed by atoms with Gasteiger partial charge in [0.15, 0.2) is 0 Å². The molecule has 0 saturated carbocycles. The summed E-state index contributed by atoms with van der Waals surface area (Å²) in [7, 11) is 0. The van der Waals surface area contributed by atoms with Gasteiger partial charge in [-0.05, 0) is 0 Å². The molecule has 0 aromatic heterocycles. The van der Waals surface area contributed by atoms with Crippen molar-refractivity contribution in [1.29, 1.82) is 0 Å². The van der Waals surface area contributed by atoms with Gasteiger partial charge in [-0.2, -0.15) is 0 Å². The van der Waals surface area contributed by atoms with Crippen LogP contribution in [0.2, 0.25) is 13.4 Å². The molecule has 0 aliphatic rings. The number of hydrogen-bond donors (Lipinski definition) is 1. The summed E-state index contributed by atoms with van der Waals surface area (Å²) in [5.41, 5.74) is 0. The van der Waals surface area contributed by atoms with Crippen LogP contribution in [-0.4, -0.2) is 33.0 Å². The molecule has 0 bridgehead atoms. The van der Waals surface area contributed by atoms with E-state index < -0.39 is 21.8 Å². The summed E-state index contributed by atoms with van der Waals surface area (Å²) < 4.78 is 5.74. The first-order valence-electron chi connectivity index (χ1n) is 2.45. The molecule has 44 valence electrons. The van der Waals surface area contributed by atoms with E-state index in [1.807, 2.05) is 6.92 Å². The Morgan fingerprint density at radius 2 is 2.00 bits per heavy atom. The second kappa shape index (κ2) is 3.80. The molecular weight excluding hydrogens is 285 g/mol. The van der Waals surface area contributed by atoms with Crippen molar-refractivity contribution in [1.82, 2.24) is 0 Å². The van der Waals surface area contributed by atoms with Gasteiger partial charge in [0.05, 0.1) is 0 Å². The van der Waals surface area contributed by atoms with E-state index >= 15 is 0 Å². The Bertz CT molecular complexity index is 37.3. The summed E-state index contributed by atoms with van der Waals surface area (Å²) in [6.45, 7) is 1.87. The standard InChI is InChI=1S/C3H7O.2CH3.Bi/c1-3(2)4;;;/h3-4H,1H2,2H3;2*1H3;. The van der Waals surface area contributed by atoms with Crippen molar-refractivity contribution in [3.63, 3.8) is 0 Å². The molecule has 0 heterocycles. The Morgan fingerprint density at radius 1 is 1.57 bits per heavy atom. The molecule has 0 aliphatic carbocycles. The maximum atomic E-state index is 8.77. The molecule has 7 heavy (non-hydrogen) atoms. The SMILES string of the molecule is CC(O)[CH2][Bi]([CH3])[CH3]. The molecule has 0 amide bonds. The first kappa shape index (κ1) is 7.84. The van der Waals surface area contributed by atoms with Gasteiger partial charge in [-0.25, -0.2) is 0 Å². The minimum atomic E-state index is -0.993. The van der Waals surface area contributed by atoms with Crippen LogP contribution in [-0.2, 0) is 0 Å². The zero-order valence-electron chi connectivity index (χ0n) is 5.18. The normalized spacial score (nSPS) is 15.0. The average Bonchev–Trinajstić information content (AvgIpc) is 1.27. The summed E-state index contributed by atoms with van der Waals surface area (Å²) in [4.78, 5) is 0. The molecule has 2 heteroatoms. The van der Waals surface area contributed by atoms with Crippen LogP contribution in [0, 0.1) is 0 Å². The van der Waals surface area contributed by atoms with Gasteiger partial charge < -0.3 is 0 Å². The molecule has 0 saturated heterocycles. The van der Waals surface area contributed by atoms with Gasteiger partial charge in [-0.15, -0.1) is 0 Å². The van der Waals surface area contributed by atoms with E-state index in [1.54, 1.807) is 0 Å². The van der Waals surface area contributed by atoms with E-state index in [0.717, 1.165) is 4.13 Å². The van der Waals surface area contributed by atoms with Crippen molar-refractivity contribution in [3.8, 4) is 0 Å². The van der Waals surface area contributed by atoms with Gasteiger partial charge in [-0.3, -0.25) is 0 Å². The van der Waals surface area contributed by atoms with Crippen LogP contribution in [0.15, 0.2) is 0 Å². The van der Waals surface area contributed by atoms with Gasteiger partial charge in [0.1, 0.15) is 0 Å². The van der Waals surface area contributed by atoms with Crippen LogP contribution in [0.4, 0.5) is 0 Å². The van der Waals surface area contributed by atoms with Gasteiger partial charge in [0.2, 0.25) is 0 Å². The molecule has 0 rings (SSSR count). The summed E-state index contributed by atoms with van der Waals surface area (Å²) in [6.07, 6.45) is -0.0345. The molecule has 0 radical (unpaired) electrons. The first-order chi connectivity index (χ1) is 3.13. The third-order valence-electron chi connectivity index (χ3n) is 0.629. The summed E-state index contributed by atoms with van der Waals surface area (Å²) in [6, 6.07) is 0. The molecule has 0 aliphatic heterocycles. The van der Waals surface area contributed by atoms with Crippen LogP contribution in [0.5, 0.6) is 0 Å². The van der Waals surface area contributed by atoms with Crippen molar-refractivity contribution in [2.45, 2.75) is 26.4 Å². The van der Waals surface area contributed by atoms with Crippen LogP contribution in [0.1, 0.15) is 6.92 Å². The summed E-state index contributed by atoms with van der Waals surface area (Å²) in [5.74, 6) is 0. The fourth-order valence-corrected chi connectivity index (χ4v) is 4.64. The fourth-order valence-electron chi connectivity index (χ4n) is 0.528. The van der Waals surface area contributed by atoms with Crippen LogP contribution in [0.3, 0.4) is 0 Å². The number of hydrogen-bond acceptors (Lipinski definition) is 1. The van der Waals surface area contributed by atoms with Crippen molar-refractivity contribution in [2.24, 2.45) is 0 Å². The minimum absolute atomic E-state index is 0.0345. The monoisotopic (exact) mass is 298 g/mol. The first-order valence-corrected chi connectivity index (χ1v) is 11.9. The van der Waals surface area contributed by atoms with Crippen LogP contribution < -0.4 is 0 Å². The van der Waals surface area contributed by atoms with Gasteiger partial charge in [-0.1, -0.05) is 0 Å². The zero-order valence-corrected chi connectivity index (χ0v) is 8.66. The van der Waals surface area contributed by atoms with Gasteiger partial charge >= 0.3 is 53.3 Å². The van der Waals surface area contributed by atoms with Gasteiger partial charge in [0.25, 0.3) is 0 Å². The zero-order chi connectivity index (χ0) is 5.86. The Hall–Kier alpha value is 0.843. The predicted octanol–water partition coefficient (Wildman–Crippen LogP) is 1.12. The second-order valence-electron chi connectivity index (χ2n) is 2.11. The molecule has 1 nitrogen and oxygen atoms in total. The van der Waals surface area contributed by atoms with Crippen molar-refractivity contribution < 1.29 is 5.11 Å². The average molecular weight is 298 g/mol. The third kappa shape index (κ3) is 6.84. The quantitative estimate of drug-likeness (QED) is 0.758. The maximum absolute atomic E-state index is 8.77. The third-order valence-corrected chi connectivity index (χ3v) is 5.52. The molecular formula is C5H13BiO. The Morgan fingerprint density at radius 3 is 2.00 bits per heavy atom. The molecule has 0 fully saturated rings. The number of aliphatic hydroxyl groups is 1. The molecule has 0 aromatic carbocycles. The second-order valence-corrected chi connectivity index (χ2v) is 11.9. The van der Waals surface area contributed by atoms with Crippen molar-refractivity contribution in [3.05, 3.63) is 0 Å².